The quantitative estimate of drug-likeness (QED) is 0.0721. The van der Waals surface area contributed by atoms with E-state index >= 15 is 0 Å². The van der Waals surface area contributed by atoms with Crippen molar-refractivity contribution in [2.75, 3.05) is 13.1 Å². The molecule has 0 spiro atoms. The van der Waals surface area contributed by atoms with E-state index in [-0.39, 0.29) is 157 Å². The van der Waals surface area contributed by atoms with Crippen LogP contribution in [0.4, 0.5) is 0 Å². The minimum absolute atomic E-state index is 0. The van der Waals surface area contributed by atoms with E-state index in [1.807, 2.05) is 13.8 Å². The van der Waals surface area contributed by atoms with Crippen molar-refractivity contribution >= 4 is 93.4 Å². The Labute approximate surface area is 436 Å². The zero-order valence-corrected chi connectivity index (χ0v) is 43.8. The second kappa shape index (κ2) is 35.3. The third-order valence-corrected chi connectivity index (χ3v) is 6.77. The van der Waals surface area contributed by atoms with Crippen LogP contribution in [0, 0.1) is 14.9 Å². The average molecular weight is 1070 g/mol. The van der Waals surface area contributed by atoms with Crippen molar-refractivity contribution in [1.29, 1.82) is 0 Å². The molecule has 0 saturated carbocycles. The number of nitrogens with one attached hydrogen (secondary N) is 4. The maximum atomic E-state index is 11.5. The van der Waals surface area contributed by atoms with Gasteiger partial charge >= 0.3 is 29.6 Å². The molecule has 4 rings (SSSR count). The molecule has 0 aliphatic heterocycles. The summed E-state index contributed by atoms with van der Waals surface area (Å²) in [5.74, 6) is 0.271. The molecule has 0 unspecified atom stereocenters. The number of benzene rings is 4. The molecular weight excluding hydrogens is 1030 g/mol. The molecule has 2 radical (unpaired) electrons. The number of halogens is 6. The van der Waals surface area contributed by atoms with Gasteiger partial charge in [-0.2, -0.15) is 0 Å². The standard InChI is InChI=1S/2C12H7Cl3O2.2C4H10N5.2CH3.Na.2Y/c2*13-7-1-3-11(9(15)5-7)17-12-4-2-8(14)6-10(12)16;2*1-2-8-4(7)9-3(5)6;;;;;/h2*1-6,16H;2*2H2,1H3,(H5-,5,6,7,8,9);2*1H3;;;/q;;4*-1;+1;;. The first-order valence-corrected chi connectivity index (χ1v) is 16.7. The Hall–Kier alpha value is -1.49. The van der Waals surface area contributed by atoms with Crippen molar-refractivity contribution in [3.63, 3.8) is 0 Å². The maximum Gasteiger partial charge on any atom is 1.00 e. The summed E-state index contributed by atoms with van der Waals surface area (Å²) in [6.45, 7) is 5.12. The van der Waals surface area contributed by atoms with Gasteiger partial charge in [0.25, 0.3) is 0 Å². The number of hydrogen-bond donors (Lipinski definition) is 6. The topological polar surface area (TPSA) is 269 Å². The van der Waals surface area contributed by atoms with Crippen molar-refractivity contribution in [3.8, 4) is 34.5 Å². The van der Waals surface area contributed by atoms with Crippen LogP contribution in [0.1, 0.15) is 13.8 Å². The molecule has 0 bridgehead atoms. The van der Waals surface area contributed by atoms with E-state index in [0.29, 0.717) is 54.7 Å². The van der Waals surface area contributed by atoms with Crippen molar-refractivity contribution in [1.82, 2.24) is 0 Å². The Kier molecular flexibility index (Phi) is 40.0. The van der Waals surface area contributed by atoms with Crippen LogP contribution >= 0.6 is 69.6 Å². The smallest absolute Gasteiger partial charge is 0.870 e. The Balaban J connectivity index is -0.000000214. The van der Waals surface area contributed by atoms with Crippen LogP contribution in [0.5, 0.6) is 34.5 Å². The van der Waals surface area contributed by atoms with Gasteiger partial charge in [0.15, 0.2) is 0 Å². The first kappa shape index (κ1) is 64.6. The fourth-order valence-electron chi connectivity index (χ4n) is 3.19. The molecule has 0 amide bonds. The number of aliphatic imine (C=N–C) groups is 2. The van der Waals surface area contributed by atoms with Gasteiger partial charge in [-0.25, -0.2) is 0 Å². The summed E-state index contributed by atoms with van der Waals surface area (Å²) in [6.07, 6.45) is 0. The number of guanidine groups is 4. The molecule has 57 heavy (non-hydrogen) atoms. The van der Waals surface area contributed by atoms with Gasteiger partial charge in [0.2, 0.25) is 11.9 Å². The summed E-state index contributed by atoms with van der Waals surface area (Å²) in [4.78, 5) is 12.2. The van der Waals surface area contributed by atoms with E-state index in [1.165, 1.54) is 24.3 Å². The van der Waals surface area contributed by atoms with Crippen LogP contribution in [-0.2, 0) is 65.4 Å². The van der Waals surface area contributed by atoms with Gasteiger partial charge in [0, 0.05) is 97.4 Å². The SMILES string of the molecule is CC[NH+]=C(N)N=C([NH-])N.CC[NH+]=C(N)N=C([NH-])N.[CH3-].[CH3-].[Na+].[O-]c1cc(Cl)ccc1Oc1ccc(Cl)cc1Cl.[O-]c1cc(Cl)ccc1Oc1ccc(Cl)cc1Cl.[Y].[Y]. The second-order valence-electron chi connectivity index (χ2n) is 9.36. The normalized spacial score (nSPS) is 10.5. The van der Waals surface area contributed by atoms with E-state index in [4.69, 9.17) is 113 Å². The van der Waals surface area contributed by atoms with Crippen LogP contribution < -0.4 is 82.2 Å². The first-order valence-electron chi connectivity index (χ1n) is 14.5. The van der Waals surface area contributed by atoms with Crippen molar-refractivity contribution < 1.29 is 125 Å². The molecule has 0 atom stereocenters. The zero-order valence-electron chi connectivity index (χ0n) is 31.6. The monoisotopic (exact) mass is 1060 g/mol. The molecule has 12 N–H and O–H groups in total. The second-order valence-corrected chi connectivity index (χ2v) is 11.9. The summed E-state index contributed by atoms with van der Waals surface area (Å²) >= 11 is 34.7. The van der Waals surface area contributed by atoms with Gasteiger partial charge in [-0.3, -0.25) is 0 Å². The van der Waals surface area contributed by atoms with Gasteiger partial charge in [-0.05, 0) is 86.6 Å². The van der Waals surface area contributed by atoms with Gasteiger partial charge < -0.3 is 88.9 Å². The summed E-state index contributed by atoms with van der Waals surface area (Å²) in [7, 11) is 0. The van der Waals surface area contributed by atoms with E-state index in [9.17, 15) is 10.2 Å². The van der Waals surface area contributed by atoms with E-state index in [2.05, 4.69) is 20.0 Å². The Morgan fingerprint density at radius 1 is 0.561 bits per heavy atom. The number of nitrogens with two attached hydrogens (primary N) is 4. The molecular formula is C34H40Cl6N10NaO4Y2-3. The molecule has 0 fully saturated rings. The molecule has 0 saturated heterocycles. The Morgan fingerprint density at radius 3 is 1.05 bits per heavy atom. The van der Waals surface area contributed by atoms with Crippen LogP contribution in [0.2, 0.25) is 30.1 Å². The third-order valence-electron chi connectivity index (χ3n) is 5.24. The number of hydrogen-bond acceptors (Lipinski definition) is 4. The largest absolute Gasteiger partial charge is 1.00 e. The fraction of sp³-hybridized carbons (Fsp3) is 0.118. The minimum Gasteiger partial charge on any atom is -0.870 e. The average Bonchev–Trinajstić information content (AvgIpc) is 3.03. The molecule has 0 aliphatic rings. The number of ether oxygens (including phenoxy) is 2. The first-order chi connectivity index (χ1) is 24.4. The van der Waals surface area contributed by atoms with Gasteiger partial charge in [-0.1, -0.05) is 81.1 Å². The molecule has 0 aromatic heterocycles. The summed E-state index contributed by atoms with van der Waals surface area (Å²) in [5.41, 5.74) is 33.6. The Bertz CT molecular complexity index is 1670. The fourth-order valence-corrected chi connectivity index (χ4v) is 4.40. The van der Waals surface area contributed by atoms with Gasteiger partial charge in [0.1, 0.15) is 23.0 Å². The molecule has 4 aromatic carbocycles. The van der Waals surface area contributed by atoms with E-state index in [1.54, 1.807) is 48.5 Å². The summed E-state index contributed by atoms with van der Waals surface area (Å²) in [6, 6.07) is 18.2. The minimum atomic E-state index is -0.302. The number of nitrogens with zero attached hydrogens (tertiary/aromatic N) is 2. The van der Waals surface area contributed by atoms with E-state index < -0.39 is 0 Å². The third kappa shape index (κ3) is 28.6. The molecule has 302 valence electrons. The molecule has 4 aromatic rings. The molecule has 0 aliphatic carbocycles. The zero-order chi connectivity index (χ0) is 39.4. The Morgan fingerprint density at radius 2 is 0.825 bits per heavy atom. The maximum absolute atomic E-state index is 11.5. The van der Waals surface area contributed by atoms with Crippen LogP contribution in [0.3, 0.4) is 0 Å². The van der Waals surface area contributed by atoms with Crippen LogP contribution in [0.15, 0.2) is 82.8 Å². The van der Waals surface area contributed by atoms with Gasteiger partial charge in [-0.15, -0.1) is 0 Å². The van der Waals surface area contributed by atoms with Crippen LogP contribution in [-0.4, -0.2) is 36.9 Å². The van der Waals surface area contributed by atoms with Crippen molar-refractivity contribution in [3.05, 3.63) is 129 Å². The molecule has 23 heteroatoms. The summed E-state index contributed by atoms with van der Waals surface area (Å²) in [5, 5.41) is 25.5. The number of rotatable bonds is 6. The predicted molar refractivity (Wildman–Crippen MR) is 221 cm³/mol. The molecule has 0 heterocycles. The van der Waals surface area contributed by atoms with Gasteiger partial charge in [0.05, 0.1) is 23.1 Å². The molecule has 14 nitrogen and oxygen atoms in total. The van der Waals surface area contributed by atoms with E-state index in [0.717, 1.165) is 0 Å². The van der Waals surface area contributed by atoms with Crippen molar-refractivity contribution in [2.24, 2.45) is 32.9 Å². The van der Waals surface area contributed by atoms with Crippen LogP contribution in [0.25, 0.3) is 11.5 Å². The summed E-state index contributed by atoms with van der Waals surface area (Å²) < 4.78 is 10.8. The predicted octanol–water partition coefficient (Wildman–Crippen LogP) is 2.46. The van der Waals surface area contributed by atoms with Crippen molar-refractivity contribution in [2.45, 2.75) is 13.8 Å².